The van der Waals surface area contributed by atoms with Crippen LogP contribution in [0.5, 0.6) is 0 Å². The number of likely N-dealkylation sites (N-methyl/N-ethyl adjacent to an activating group) is 1. The highest BCUT2D eigenvalue weighted by molar-refractivity contribution is 14.0. The van der Waals surface area contributed by atoms with Crippen molar-refractivity contribution in [1.82, 2.24) is 9.80 Å². The lowest BCUT2D eigenvalue weighted by Gasteiger charge is -2.44. The maximum Gasteiger partial charge on any atom is 0.191 e. The summed E-state index contributed by atoms with van der Waals surface area (Å²) in [6.07, 6.45) is 2.79. The van der Waals surface area contributed by atoms with E-state index in [0.717, 1.165) is 32.8 Å². The molecule has 0 amide bonds. The van der Waals surface area contributed by atoms with Crippen molar-refractivity contribution >= 4 is 29.9 Å². The molecule has 124 valence electrons. The van der Waals surface area contributed by atoms with Gasteiger partial charge in [0, 0.05) is 19.1 Å². The Morgan fingerprint density at radius 2 is 2.10 bits per heavy atom. The van der Waals surface area contributed by atoms with Crippen LogP contribution in [0.3, 0.4) is 0 Å². The summed E-state index contributed by atoms with van der Waals surface area (Å²) in [6.45, 7) is 11.2. The van der Waals surface area contributed by atoms with E-state index in [1.165, 1.54) is 12.8 Å². The molecule has 0 aromatic carbocycles. The van der Waals surface area contributed by atoms with Gasteiger partial charge in [-0.3, -0.25) is 4.99 Å². The maximum atomic E-state index is 6.16. The SMILES string of the molecule is CC1CN(C(N)=NCC2N(C)CCCC2(C)C)CCO1.I. The van der Waals surface area contributed by atoms with Crippen LogP contribution in [-0.4, -0.2) is 67.7 Å². The molecule has 0 saturated carbocycles. The molecule has 2 saturated heterocycles. The predicted molar refractivity (Wildman–Crippen MR) is 98.3 cm³/mol. The zero-order chi connectivity index (χ0) is 14.8. The Labute approximate surface area is 146 Å². The van der Waals surface area contributed by atoms with Gasteiger partial charge in [0.1, 0.15) is 0 Å². The summed E-state index contributed by atoms with van der Waals surface area (Å²) >= 11 is 0. The number of hydrogen-bond donors (Lipinski definition) is 1. The van der Waals surface area contributed by atoms with Gasteiger partial charge in [0.2, 0.25) is 0 Å². The van der Waals surface area contributed by atoms with Crippen molar-refractivity contribution in [2.24, 2.45) is 16.1 Å². The van der Waals surface area contributed by atoms with Gasteiger partial charge in [-0.05, 0) is 38.8 Å². The maximum absolute atomic E-state index is 6.16. The number of hydrogen-bond acceptors (Lipinski definition) is 3. The normalized spacial score (nSPS) is 30.9. The molecule has 2 fully saturated rings. The number of rotatable bonds is 2. The van der Waals surface area contributed by atoms with Crippen molar-refractivity contribution in [3.8, 4) is 0 Å². The Hall–Kier alpha value is -0.0800. The molecule has 0 radical (unpaired) electrons. The van der Waals surface area contributed by atoms with Gasteiger partial charge < -0.3 is 20.3 Å². The first-order valence-corrected chi connectivity index (χ1v) is 7.77. The Balaban J connectivity index is 0.00000220. The number of nitrogens with two attached hydrogens (primary N) is 1. The van der Waals surface area contributed by atoms with Crippen molar-refractivity contribution in [3.05, 3.63) is 0 Å². The fourth-order valence-corrected chi connectivity index (χ4v) is 3.40. The molecular formula is C15H31IN4O. The van der Waals surface area contributed by atoms with Crippen molar-refractivity contribution in [3.63, 3.8) is 0 Å². The number of nitrogens with zero attached hydrogens (tertiary/aromatic N) is 3. The number of guanidine groups is 1. The predicted octanol–water partition coefficient (Wildman–Crippen LogP) is 1.76. The Bertz CT molecular complexity index is 362. The lowest BCUT2D eigenvalue weighted by molar-refractivity contribution is 0.00507. The van der Waals surface area contributed by atoms with Gasteiger partial charge in [-0.25, -0.2) is 0 Å². The van der Waals surface area contributed by atoms with Crippen LogP contribution in [0.25, 0.3) is 0 Å². The second kappa shape index (κ2) is 7.97. The van der Waals surface area contributed by atoms with Crippen molar-refractivity contribution in [1.29, 1.82) is 0 Å². The fraction of sp³-hybridized carbons (Fsp3) is 0.933. The summed E-state index contributed by atoms with van der Waals surface area (Å²) in [5.41, 5.74) is 6.48. The van der Waals surface area contributed by atoms with Crippen molar-refractivity contribution in [2.75, 3.05) is 39.8 Å². The number of ether oxygens (including phenoxy) is 1. The third-order valence-corrected chi connectivity index (χ3v) is 4.76. The lowest BCUT2D eigenvalue weighted by atomic mass is 9.76. The van der Waals surface area contributed by atoms with Gasteiger partial charge in [0.25, 0.3) is 0 Å². The van der Waals surface area contributed by atoms with Gasteiger partial charge in [-0.1, -0.05) is 13.8 Å². The van der Waals surface area contributed by atoms with E-state index >= 15 is 0 Å². The minimum Gasteiger partial charge on any atom is -0.375 e. The molecule has 2 aliphatic rings. The highest BCUT2D eigenvalue weighted by Gasteiger charge is 2.35. The first-order valence-electron chi connectivity index (χ1n) is 7.77. The molecule has 2 rings (SSSR count). The first kappa shape index (κ1) is 19.0. The zero-order valence-electron chi connectivity index (χ0n) is 13.8. The van der Waals surface area contributed by atoms with Crippen LogP contribution in [0.4, 0.5) is 0 Å². The monoisotopic (exact) mass is 410 g/mol. The highest BCUT2D eigenvalue weighted by Crippen LogP contribution is 2.34. The quantitative estimate of drug-likeness (QED) is 0.428. The molecule has 0 spiro atoms. The van der Waals surface area contributed by atoms with E-state index in [9.17, 15) is 0 Å². The molecule has 2 unspecified atom stereocenters. The third-order valence-electron chi connectivity index (χ3n) is 4.76. The van der Waals surface area contributed by atoms with Gasteiger partial charge in [0.05, 0.1) is 19.3 Å². The average molecular weight is 410 g/mol. The lowest BCUT2D eigenvalue weighted by Crippen LogP contribution is -2.51. The molecule has 2 heterocycles. The van der Waals surface area contributed by atoms with Crippen molar-refractivity contribution < 1.29 is 4.74 Å². The summed E-state index contributed by atoms with van der Waals surface area (Å²) in [4.78, 5) is 9.25. The van der Waals surface area contributed by atoms with E-state index in [0.29, 0.717) is 17.4 Å². The van der Waals surface area contributed by atoms with E-state index < -0.39 is 0 Å². The Kier molecular flexibility index (Phi) is 7.19. The molecule has 0 bridgehead atoms. The molecule has 0 aromatic rings. The van der Waals surface area contributed by atoms with Crippen LogP contribution < -0.4 is 5.73 Å². The largest absolute Gasteiger partial charge is 0.375 e. The molecule has 0 aliphatic carbocycles. The number of aliphatic imine (C=N–C) groups is 1. The Morgan fingerprint density at radius 3 is 2.71 bits per heavy atom. The summed E-state index contributed by atoms with van der Waals surface area (Å²) in [5.74, 6) is 0.676. The Morgan fingerprint density at radius 1 is 1.38 bits per heavy atom. The molecule has 2 aliphatic heterocycles. The molecule has 0 aromatic heterocycles. The van der Waals surface area contributed by atoms with Gasteiger partial charge in [-0.15, -0.1) is 24.0 Å². The molecule has 5 nitrogen and oxygen atoms in total. The number of piperidine rings is 1. The zero-order valence-corrected chi connectivity index (χ0v) is 16.2. The van der Waals surface area contributed by atoms with Gasteiger partial charge in [-0.2, -0.15) is 0 Å². The van der Waals surface area contributed by atoms with E-state index in [4.69, 9.17) is 10.5 Å². The summed E-state index contributed by atoms with van der Waals surface area (Å²) in [6, 6.07) is 0.480. The van der Waals surface area contributed by atoms with Crippen LogP contribution in [0, 0.1) is 5.41 Å². The summed E-state index contributed by atoms with van der Waals surface area (Å²) in [5, 5.41) is 0. The summed E-state index contributed by atoms with van der Waals surface area (Å²) < 4.78 is 5.54. The van der Waals surface area contributed by atoms with Crippen LogP contribution >= 0.6 is 24.0 Å². The first-order chi connectivity index (χ1) is 9.40. The minimum absolute atomic E-state index is 0. The molecular weight excluding hydrogens is 379 g/mol. The van der Waals surface area contributed by atoms with E-state index in [1.807, 2.05) is 0 Å². The van der Waals surface area contributed by atoms with Gasteiger partial charge >= 0.3 is 0 Å². The fourth-order valence-electron chi connectivity index (χ4n) is 3.40. The van der Waals surface area contributed by atoms with Crippen LogP contribution in [0.15, 0.2) is 4.99 Å². The number of halogens is 1. The van der Waals surface area contributed by atoms with Crippen LogP contribution in [0.1, 0.15) is 33.6 Å². The van der Waals surface area contributed by atoms with Crippen molar-refractivity contribution in [2.45, 2.75) is 45.8 Å². The van der Waals surface area contributed by atoms with Gasteiger partial charge in [0.15, 0.2) is 5.96 Å². The second-order valence-electron chi connectivity index (χ2n) is 6.91. The number of morpholine rings is 1. The highest BCUT2D eigenvalue weighted by atomic mass is 127. The summed E-state index contributed by atoms with van der Waals surface area (Å²) in [7, 11) is 2.20. The van der Waals surface area contributed by atoms with E-state index in [-0.39, 0.29) is 30.1 Å². The average Bonchev–Trinajstić information content (AvgIpc) is 2.37. The molecule has 2 N–H and O–H groups in total. The smallest absolute Gasteiger partial charge is 0.191 e. The van der Waals surface area contributed by atoms with E-state index in [2.05, 4.69) is 42.6 Å². The second-order valence-corrected chi connectivity index (χ2v) is 6.91. The van der Waals surface area contributed by atoms with Crippen LogP contribution in [-0.2, 0) is 4.74 Å². The standard InChI is InChI=1S/C15H30N4O.HI/c1-12-11-19(8-9-20-12)14(16)17-10-13-15(2,3)6-5-7-18(13)4;/h12-13H,5-11H2,1-4H3,(H2,16,17);1H. The van der Waals surface area contributed by atoms with Crippen LogP contribution in [0.2, 0.25) is 0 Å². The third kappa shape index (κ3) is 4.96. The number of likely N-dealkylation sites (tertiary alicyclic amines) is 1. The molecule has 2 atom stereocenters. The van der Waals surface area contributed by atoms with E-state index in [1.54, 1.807) is 0 Å². The topological polar surface area (TPSA) is 54.1 Å². The minimum atomic E-state index is 0. The molecule has 21 heavy (non-hydrogen) atoms. The molecule has 6 heteroatoms.